The Morgan fingerprint density at radius 1 is 1.20 bits per heavy atom. The van der Waals surface area contributed by atoms with Crippen LogP contribution >= 0.6 is 0 Å². The van der Waals surface area contributed by atoms with Crippen LogP contribution in [0, 0.1) is 0 Å². The molecule has 0 unspecified atom stereocenters. The Balaban J connectivity index is 1.49. The SMILES string of the molecule is CC1(C)C(=O)Nc2ccc(-c3nc(-c4n[nH]c(C5CC5)n4)no3)cc21. The molecule has 8 nitrogen and oxygen atoms in total. The van der Waals surface area contributed by atoms with Crippen LogP contribution in [0.5, 0.6) is 0 Å². The number of carbonyl (C=O) groups excluding carboxylic acids is 1. The van der Waals surface area contributed by atoms with E-state index in [1.54, 1.807) is 0 Å². The van der Waals surface area contributed by atoms with Gasteiger partial charge in [0.05, 0.1) is 5.41 Å². The number of aromatic nitrogens is 5. The third-order valence-electron chi connectivity index (χ3n) is 4.85. The number of rotatable bonds is 3. The molecule has 0 spiro atoms. The van der Waals surface area contributed by atoms with Gasteiger partial charge in [-0.25, -0.2) is 4.98 Å². The summed E-state index contributed by atoms with van der Waals surface area (Å²) in [7, 11) is 0. The van der Waals surface area contributed by atoms with E-state index >= 15 is 0 Å². The van der Waals surface area contributed by atoms with Crippen LogP contribution in [0.15, 0.2) is 22.7 Å². The first-order valence-corrected chi connectivity index (χ1v) is 8.25. The van der Waals surface area contributed by atoms with Crippen molar-refractivity contribution in [3.8, 4) is 23.1 Å². The number of hydrogen-bond donors (Lipinski definition) is 2. The minimum atomic E-state index is -0.586. The van der Waals surface area contributed by atoms with E-state index in [0.29, 0.717) is 23.5 Å². The summed E-state index contributed by atoms with van der Waals surface area (Å²) in [6.07, 6.45) is 2.29. The Hall–Kier alpha value is -3.03. The van der Waals surface area contributed by atoms with E-state index in [4.69, 9.17) is 4.52 Å². The van der Waals surface area contributed by atoms with E-state index in [0.717, 1.165) is 35.5 Å². The number of H-pyrrole nitrogens is 1. The first-order chi connectivity index (χ1) is 12.0. The van der Waals surface area contributed by atoms with Crippen molar-refractivity contribution in [2.75, 3.05) is 5.32 Å². The zero-order chi connectivity index (χ0) is 17.2. The van der Waals surface area contributed by atoms with E-state index in [1.807, 2.05) is 32.0 Å². The molecule has 1 amide bonds. The Kier molecular flexibility index (Phi) is 2.72. The van der Waals surface area contributed by atoms with Crippen LogP contribution in [0.3, 0.4) is 0 Å². The number of carbonyl (C=O) groups is 1. The monoisotopic (exact) mass is 336 g/mol. The molecule has 3 aromatic rings. The normalized spacial score (nSPS) is 18.2. The molecule has 2 N–H and O–H groups in total. The smallest absolute Gasteiger partial charge is 0.258 e. The molecule has 2 aliphatic rings. The molecule has 0 saturated heterocycles. The zero-order valence-corrected chi connectivity index (χ0v) is 13.8. The average molecular weight is 336 g/mol. The van der Waals surface area contributed by atoms with Crippen molar-refractivity contribution in [2.24, 2.45) is 0 Å². The number of nitrogens with zero attached hydrogens (tertiary/aromatic N) is 4. The van der Waals surface area contributed by atoms with Crippen molar-refractivity contribution in [1.29, 1.82) is 0 Å². The van der Waals surface area contributed by atoms with Crippen LogP contribution in [0.25, 0.3) is 23.1 Å². The fourth-order valence-corrected chi connectivity index (χ4v) is 3.05. The second kappa shape index (κ2) is 4.75. The molecule has 8 heteroatoms. The largest absolute Gasteiger partial charge is 0.333 e. The van der Waals surface area contributed by atoms with Gasteiger partial charge >= 0.3 is 0 Å². The lowest BCUT2D eigenvalue weighted by atomic mass is 9.85. The second-order valence-corrected chi connectivity index (χ2v) is 7.08. The Labute approximate surface area is 143 Å². The molecule has 1 aliphatic carbocycles. The van der Waals surface area contributed by atoms with E-state index in [-0.39, 0.29) is 5.91 Å². The van der Waals surface area contributed by atoms with Crippen molar-refractivity contribution < 1.29 is 9.32 Å². The molecule has 1 saturated carbocycles. The summed E-state index contributed by atoms with van der Waals surface area (Å²) < 4.78 is 5.38. The maximum Gasteiger partial charge on any atom is 0.258 e. The van der Waals surface area contributed by atoms with Crippen LogP contribution in [0.2, 0.25) is 0 Å². The molecule has 0 bridgehead atoms. The van der Waals surface area contributed by atoms with Crippen LogP contribution in [-0.4, -0.2) is 31.2 Å². The molecule has 126 valence electrons. The lowest BCUT2D eigenvalue weighted by Gasteiger charge is -2.15. The fraction of sp³-hybridized carbons (Fsp3) is 0.353. The minimum absolute atomic E-state index is 0.0146. The summed E-state index contributed by atoms with van der Waals surface area (Å²) in [6.45, 7) is 3.79. The summed E-state index contributed by atoms with van der Waals surface area (Å²) >= 11 is 0. The highest BCUT2D eigenvalue weighted by molar-refractivity contribution is 6.06. The number of aromatic amines is 1. The van der Waals surface area contributed by atoms with E-state index < -0.39 is 5.41 Å². The Bertz CT molecular complexity index is 998. The summed E-state index contributed by atoms with van der Waals surface area (Å²) in [5.41, 5.74) is 1.92. The van der Waals surface area contributed by atoms with Gasteiger partial charge in [0.1, 0.15) is 5.82 Å². The number of amides is 1. The third kappa shape index (κ3) is 2.17. The molecule has 0 atom stereocenters. The van der Waals surface area contributed by atoms with Crippen molar-refractivity contribution >= 4 is 11.6 Å². The van der Waals surface area contributed by atoms with Gasteiger partial charge in [-0.3, -0.25) is 9.89 Å². The summed E-state index contributed by atoms with van der Waals surface area (Å²) in [4.78, 5) is 20.9. The van der Waals surface area contributed by atoms with E-state index in [9.17, 15) is 4.79 Å². The maximum atomic E-state index is 12.1. The van der Waals surface area contributed by atoms with Gasteiger partial charge in [-0.1, -0.05) is 5.16 Å². The Morgan fingerprint density at radius 3 is 2.84 bits per heavy atom. The van der Waals surface area contributed by atoms with Gasteiger partial charge in [-0.15, -0.1) is 5.10 Å². The molecule has 25 heavy (non-hydrogen) atoms. The topological polar surface area (TPSA) is 110 Å². The number of hydrogen-bond acceptors (Lipinski definition) is 6. The van der Waals surface area contributed by atoms with Gasteiger partial charge < -0.3 is 9.84 Å². The summed E-state index contributed by atoms with van der Waals surface area (Å²) in [6, 6.07) is 5.63. The van der Waals surface area contributed by atoms with Crippen molar-refractivity contribution in [1.82, 2.24) is 25.3 Å². The molecule has 5 rings (SSSR count). The molecule has 1 aromatic carbocycles. The van der Waals surface area contributed by atoms with E-state index in [2.05, 4.69) is 30.6 Å². The Morgan fingerprint density at radius 2 is 2.04 bits per heavy atom. The number of nitrogens with one attached hydrogen (secondary N) is 2. The van der Waals surface area contributed by atoms with Crippen molar-refractivity contribution in [3.05, 3.63) is 29.6 Å². The lowest BCUT2D eigenvalue weighted by molar-refractivity contribution is -0.119. The quantitative estimate of drug-likeness (QED) is 0.761. The van der Waals surface area contributed by atoms with Gasteiger partial charge in [0.2, 0.25) is 17.6 Å². The number of fused-ring (bicyclic) bond motifs is 1. The van der Waals surface area contributed by atoms with Crippen LogP contribution in [-0.2, 0) is 10.2 Å². The second-order valence-electron chi connectivity index (χ2n) is 7.08. The lowest BCUT2D eigenvalue weighted by Crippen LogP contribution is -2.26. The van der Waals surface area contributed by atoms with Crippen molar-refractivity contribution in [3.63, 3.8) is 0 Å². The number of benzene rings is 1. The maximum absolute atomic E-state index is 12.1. The molecular weight excluding hydrogens is 320 g/mol. The molecule has 1 aliphatic heterocycles. The highest BCUT2D eigenvalue weighted by atomic mass is 16.5. The predicted molar refractivity (Wildman–Crippen MR) is 88.7 cm³/mol. The molecule has 2 aromatic heterocycles. The standard InChI is InChI=1S/C17H16N6O2/c1-17(2)10-7-9(5-6-11(10)18-16(17)24)15-20-14(23-25-15)13-19-12(21-22-13)8-3-4-8/h5-8H,3-4H2,1-2H3,(H,18,24)(H,19,21,22). The van der Waals surface area contributed by atoms with Crippen molar-refractivity contribution in [2.45, 2.75) is 38.0 Å². The van der Waals surface area contributed by atoms with Gasteiger partial charge in [-0.2, -0.15) is 4.98 Å². The molecular formula is C17H16N6O2. The van der Waals surface area contributed by atoms with Crippen LogP contribution in [0.4, 0.5) is 5.69 Å². The summed E-state index contributed by atoms with van der Waals surface area (Å²) in [5.74, 6) is 2.52. The van der Waals surface area contributed by atoms with Crippen LogP contribution in [0.1, 0.15) is 44.0 Å². The van der Waals surface area contributed by atoms with Gasteiger partial charge in [-0.05, 0) is 50.5 Å². The van der Waals surface area contributed by atoms with Gasteiger partial charge in [0, 0.05) is 17.2 Å². The highest BCUT2D eigenvalue weighted by Gasteiger charge is 2.38. The highest BCUT2D eigenvalue weighted by Crippen LogP contribution is 2.40. The van der Waals surface area contributed by atoms with Crippen LogP contribution < -0.4 is 5.32 Å². The minimum Gasteiger partial charge on any atom is -0.333 e. The third-order valence-corrected chi connectivity index (χ3v) is 4.85. The first kappa shape index (κ1) is 14.3. The molecule has 1 fully saturated rings. The summed E-state index contributed by atoms with van der Waals surface area (Å²) in [5, 5.41) is 14.0. The first-order valence-electron chi connectivity index (χ1n) is 8.25. The van der Waals surface area contributed by atoms with E-state index in [1.165, 1.54) is 0 Å². The zero-order valence-electron chi connectivity index (χ0n) is 13.8. The molecule has 3 heterocycles. The van der Waals surface area contributed by atoms with Gasteiger partial charge in [0.25, 0.3) is 5.89 Å². The number of anilines is 1. The fourth-order valence-electron chi connectivity index (χ4n) is 3.05. The average Bonchev–Trinajstić information content (AvgIpc) is 3.05. The predicted octanol–water partition coefficient (Wildman–Crippen LogP) is 2.63. The molecule has 0 radical (unpaired) electrons. The van der Waals surface area contributed by atoms with Gasteiger partial charge in [0.15, 0.2) is 0 Å².